The molecule has 0 unspecified atom stereocenters. The molecule has 0 saturated carbocycles. The van der Waals surface area contributed by atoms with Crippen molar-refractivity contribution in [2.24, 2.45) is 0 Å². The molecule has 21 N–H and O–H groups in total. The minimum atomic E-state index is -5.38. The number of rotatable bonds is 22. The third-order valence-electron chi connectivity index (χ3n) is 12.1. The van der Waals surface area contributed by atoms with Gasteiger partial charge < -0.3 is 154 Å². The van der Waals surface area contributed by atoms with Gasteiger partial charge in [0.05, 0.1) is 33.0 Å². The molecule has 26 atom stereocenters. The molecule has 0 aliphatic carbocycles. The van der Waals surface area contributed by atoms with Crippen LogP contribution in [0.2, 0.25) is 0 Å². The monoisotopic (exact) mass is 1110 g/mol. The van der Waals surface area contributed by atoms with Crippen LogP contribution in [0.3, 0.4) is 0 Å². The smallest absolute Gasteiger partial charge is 0.470 e. The highest BCUT2D eigenvalue weighted by atomic mass is 31.2. The first-order valence-corrected chi connectivity index (χ1v) is 23.5. The molecule has 37 heteroatoms. The number of carboxylic acids is 2. The number of carbonyl (C=O) groups excluding carboxylic acids is 1. The van der Waals surface area contributed by atoms with E-state index in [9.17, 15) is 111 Å². The Kier molecular flexibility index (Phi) is 21.7. The van der Waals surface area contributed by atoms with Gasteiger partial charge in [-0.05, 0) is 0 Å². The summed E-state index contributed by atoms with van der Waals surface area (Å²) >= 11 is 0. The zero-order valence-corrected chi connectivity index (χ0v) is 39.0. The van der Waals surface area contributed by atoms with Crippen LogP contribution in [-0.4, -0.2) is 312 Å². The number of aliphatic hydroxyl groups excluding tert-OH is 16. The van der Waals surface area contributed by atoms with Gasteiger partial charge in [0.25, 0.3) is 0 Å². The van der Waals surface area contributed by atoms with Crippen LogP contribution in [-0.2, 0) is 70.8 Å². The Morgan fingerprint density at radius 1 is 0.595 bits per heavy atom. The van der Waals surface area contributed by atoms with Crippen LogP contribution in [0.15, 0.2) is 11.5 Å². The number of nitrogens with one attached hydrogen (secondary N) is 1. The van der Waals surface area contributed by atoms with Gasteiger partial charge in [-0.3, -0.25) is 9.32 Å². The van der Waals surface area contributed by atoms with Gasteiger partial charge in [0, 0.05) is 6.92 Å². The first-order valence-electron chi connectivity index (χ1n) is 22.0. The van der Waals surface area contributed by atoms with E-state index in [1.54, 1.807) is 0 Å². The van der Waals surface area contributed by atoms with E-state index in [2.05, 4.69) is 9.84 Å². The Morgan fingerprint density at radius 2 is 1.05 bits per heavy atom. The number of carbonyl (C=O) groups is 3. The van der Waals surface area contributed by atoms with Crippen LogP contribution >= 0.6 is 7.82 Å². The summed E-state index contributed by atoms with van der Waals surface area (Å²) in [5, 5.41) is 192. The Labute approximate surface area is 414 Å². The lowest BCUT2D eigenvalue weighted by molar-refractivity contribution is -0.387. The maximum Gasteiger partial charge on any atom is 0.470 e. The van der Waals surface area contributed by atoms with Crippen molar-refractivity contribution in [1.29, 1.82) is 0 Å². The predicted molar refractivity (Wildman–Crippen MR) is 219 cm³/mol. The highest BCUT2D eigenvalue weighted by Gasteiger charge is 2.58. The Bertz CT molecular complexity index is 1950. The molecule has 36 nitrogen and oxygen atoms in total. The van der Waals surface area contributed by atoms with Crippen molar-refractivity contribution < 1.29 is 173 Å². The fraction of sp³-hybridized carbons (Fsp3) is 0.865. The molecule has 5 rings (SSSR count). The maximum absolute atomic E-state index is 12.8. The molecule has 4 fully saturated rings. The number of amides is 1. The number of phosphoric acid groups is 1. The van der Waals surface area contributed by atoms with Crippen LogP contribution in [0.1, 0.15) is 6.92 Å². The second-order valence-electron chi connectivity index (χ2n) is 17.1. The molecule has 0 radical (unpaired) electrons. The predicted octanol–water partition coefficient (Wildman–Crippen LogP) is -12.3. The number of carboxylic acid groups (broad SMARTS) is 2. The van der Waals surface area contributed by atoms with Gasteiger partial charge in [-0.1, -0.05) is 0 Å². The lowest BCUT2D eigenvalue weighted by atomic mass is 9.94. The van der Waals surface area contributed by atoms with Gasteiger partial charge in [-0.15, -0.1) is 0 Å². The molecule has 1 amide bonds. The Balaban J connectivity index is 1.36. The van der Waals surface area contributed by atoms with E-state index in [1.807, 2.05) is 0 Å². The molecule has 0 aromatic rings. The topological polar surface area (TPSA) is 586 Å². The van der Waals surface area contributed by atoms with Crippen LogP contribution in [0, 0.1) is 0 Å². The van der Waals surface area contributed by atoms with Crippen molar-refractivity contribution in [3.63, 3.8) is 0 Å². The van der Waals surface area contributed by atoms with Gasteiger partial charge in [0.15, 0.2) is 37.0 Å². The molecule has 0 spiro atoms. The summed E-state index contributed by atoms with van der Waals surface area (Å²) in [4.78, 5) is 55.2. The van der Waals surface area contributed by atoms with Crippen LogP contribution in [0.4, 0.5) is 0 Å². The quantitative estimate of drug-likeness (QED) is 0.0448. The first kappa shape index (κ1) is 61.7. The summed E-state index contributed by atoms with van der Waals surface area (Å²) < 4.78 is 70.3. The fourth-order valence-electron chi connectivity index (χ4n) is 8.29. The van der Waals surface area contributed by atoms with E-state index in [-0.39, 0.29) is 0 Å². The van der Waals surface area contributed by atoms with Gasteiger partial charge in [0.1, 0.15) is 122 Å². The molecule has 5 heterocycles. The van der Waals surface area contributed by atoms with Crippen molar-refractivity contribution in [3.05, 3.63) is 11.5 Å². The third kappa shape index (κ3) is 13.8. The number of phosphoric ester groups is 1. The first-order chi connectivity index (χ1) is 34.6. The van der Waals surface area contributed by atoms with E-state index < -0.39 is 230 Å². The standard InChI is InChI=1S/C37H60NO35P/c1-7(44)38-13-25(67-34-21(52)18(49)19(50)29(71-34)31(56)57)15(46)9(3-40)63-33(13)70-28-20(51)22(53)35(72-30(28)32(58)59)68-27-17(48)11(5-42)66-37(24(27)55)69-26-16(47)10(4-41)65-36(23(26)54)64-8(2-39)14(45)12(6-43)73-74(60,61)62/h8-18,20-28,30,33-37,39-43,45-55H,2-6H2,1H3,(H,38,44)(H,56,57)(H,58,59)(H2,60,61,62)/t8-,9-,10-,11-,12+,13-,14+,15+,16+,17+,18+,20-,21-,22-,23-,24-,25-,26+,27+,28+,30+,33+,34-,35-,36-,37+/m1/s1. The third-order valence-corrected chi connectivity index (χ3v) is 12.6. The number of aliphatic carboxylic acids is 2. The normalized spacial score (nSPS) is 42.4. The van der Waals surface area contributed by atoms with Gasteiger partial charge in [-0.2, -0.15) is 0 Å². The highest BCUT2D eigenvalue weighted by Crippen LogP contribution is 2.40. The number of aliphatic hydroxyl groups is 16. The van der Waals surface area contributed by atoms with Gasteiger partial charge in [0.2, 0.25) is 18.0 Å². The summed E-state index contributed by atoms with van der Waals surface area (Å²) in [6.45, 7) is -4.93. The number of hydrogen-bond acceptors (Lipinski definition) is 31. The average molecular weight is 1110 g/mol. The van der Waals surface area contributed by atoms with Gasteiger partial charge >= 0.3 is 19.8 Å². The summed E-state index contributed by atoms with van der Waals surface area (Å²) in [5.74, 6) is -7.59. The summed E-state index contributed by atoms with van der Waals surface area (Å²) in [5.41, 5.74) is 0. The lowest BCUT2D eigenvalue weighted by Gasteiger charge is -2.49. The molecule has 4 saturated heterocycles. The number of ether oxygens (including phenoxy) is 10. The lowest BCUT2D eigenvalue weighted by Crippen LogP contribution is -2.70. The van der Waals surface area contributed by atoms with Crippen molar-refractivity contribution in [2.45, 2.75) is 166 Å². The average Bonchev–Trinajstić information content (AvgIpc) is 3.34. The van der Waals surface area contributed by atoms with E-state index in [0.717, 1.165) is 6.92 Å². The van der Waals surface area contributed by atoms with E-state index in [4.69, 9.17) is 57.2 Å². The van der Waals surface area contributed by atoms with E-state index in [0.29, 0.717) is 0 Å². The molecule has 0 aromatic carbocycles. The molecule has 5 aliphatic heterocycles. The van der Waals surface area contributed by atoms with Crippen molar-refractivity contribution in [1.82, 2.24) is 5.32 Å². The molecule has 0 aromatic heterocycles. The molecular weight excluding hydrogens is 1050 g/mol. The molecule has 0 bridgehead atoms. The number of hydrogen-bond donors (Lipinski definition) is 21. The van der Waals surface area contributed by atoms with E-state index >= 15 is 0 Å². The van der Waals surface area contributed by atoms with Crippen molar-refractivity contribution in [3.8, 4) is 0 Å². The minimum Gasteiger partial charge on any atom is -0.506 e. The largest absolute Gasteiger partial charge is 0.506 e. The highest BCUT2D eigenvalue weighted by molar-refractivity contribution is 7.46. The Morgan fingerprint density at radius 3 is 1.53 bits per heavy atom. The van der Waals surface area contributed by atoms with E-state index in [1.165, 1.54) is 0 Å². The van der Waals surface area contributed by atoms with Crippen molar-refractivity contribution in [2.75, 3.05) is 33.0 Å². The van der Waals surface area contributed by atoms with Crippen LogP contribution in [0.5, 0.6) is 0 Å². The zero-order valence-electron chi connectivity index (χ0n) is 38.1. The van der Waals surface area contributed by atoms with Crippen molar-refractivity contribution >= 4 is 25.7 Å². The molecule has 428 valence electrons. The summed E-state index contributed by atoms with van der Waals surface area (Å²) in [6, 6.07) is -1.93. The second kappa shape index (κ2) is 26.0. The van der Waals surface area contributed by atoms with Gasteiger partial charge in [-0.25, -0.2) is 14.2 Å². The minimum absolute atomic E-state index is 0.900. The summed E-state index contributed by atoms with van der Waals surface area (Å²) in [6.07, 6.45) is -55.2. The maximum atomic E-state index is 12.8. The Hall–Kier alpha value is -3.10. The molecule has 74 heavy (non-hydrogen) atoms. The van der Waals surface area contributed by atoms with Crippen LogP contribution in [0.25, 0.3) is 0 Å². The molecular formula is C37H60NO35P. The zero-order chi connectivity index (χ0) is 55.4. The second-order valence-corrected chi connectivity index (χ2v) is 18.3. The van der Waals surface area contributed by atoms with Crippen LogP contribution < -0.4 is 5.32 Å². The summed E-state index contributed by atoms with van der Waals surface area (Å²) in [7, 11) is -5.38. The SMILES string of the molecule is CC(=O)N[C@H]1[C@H](O[C@H]2[C@H](O)[C@@H](O)[C@H](O[C@H]3[C@@H](O)[C@@H](CO)O[C@@H](O[C@H]4[C@@H](O)[C@@H](CO)O[C@@H](O[C@H](CO)[C@H](O)[C@H](CO)OP(=O)(O)O)[C@@H]4O)[C@@H]3O)O[C@@H]2C(=O)O)O[C@H](CO)[C@H](O)[C@@H]1O[C@@H]1OC(C(=O)O)=C(O)[C@H](O)[C@H]1O. The molecule has 5 aliphatic rings. The fourth-order valence-corrected chi connectivity index (χ4v) is 8.83.